The van der Waals surface area contributed by atoms with Crippen LogP contribution in [0.5, 0.6) is 11.5 Å². The minimum Gasteiger partial charge on any atom is -0.497 e. The van der Waals surface area contributed by atoms with Crippen LogP contribution in [0, 0.1) is 6.92 Å². The highest BCUT2D eigenvalue weighted by molar-refractivity contribution is 6.31. The highest BCUT2D eigenvalue weighted by atomic mass is 35.5. The number of rotatable bonds is 6. The van der Waals surface area contributed by atoms with E-state index in [1.54, 1.807) is 50.4 Å². The van der Waals surface area contributed by atoms with Crippen LogP contribution in [-0.4, -0.2) is 32.7 Å². The molecular weight excluding hydrogens is 346 g/mol. The van der Waals surface area contributed by atoms with Crippen LogP contribution < -0.4 is 14.8 Å². The lowest BCUT2D eigenvalue weighted by Gasteiger charge is -2.11. The molecule has 0 aliphatic carbocycles. The van der Waals surface area contributed by atoms with Gasteiger partial charge in [0.15, 0.2) is 6.61 Å². The minimum atomic E-state index is -0.589. The van der Waals surface area contributed by atoms with Gasteiger partial charge in [-0.2, -0.15) is 0 Å². The van der Waals surface area contributed by atoms with Gasteiger partial charge in [-0.3, -0.25) is 4.79 Å². The molecule has 2 aromatic rings. The van der Waals surface area contributed by atoms with Crippen LogP contribution >= 0.6 is 11.6 Å². The number of amides is 1. The number of esters is 1. The van der Waals surface area contributed by atoms with Crippen molar-refractivity contribution < 1.29 is 23.8 Å². The first-order valence-electron chi connectivity index (χ1n) is 7.39. The van der Waals surface area contributed by atoms with Gasteiger partial charge >= 0.3 is 5.97 Å². The molecule has 0 saturated carbocycles. The van der Waals surface area contributed by atoms with Gasteiger partial charge in [-0.1, -0.05) is 11.6 Å². The number of hydrogen-bond donors (Lipinski definition) is 1. The number of ether oxygens (including phenoxy) is 3. The molecule has 6 nitrogen and oxygen atoms in total. The normalized spacial score (nSPS) is 10.1. The Hall–Kier alpha value is -2.73. The first kappa shape index (κ1) is 18.6. The van der Waals surface area contributed by atoms with E-state index >= 15 is 0 Å². The van der Waals surface area contributed by atoms with Gasteiger partial charge in [0.2, 0.25) is 0 Å². The van der Waals surface area contributed by atoms with Crippen LogP contribution in [-0.2, 0) is 9.53 Å². The van der Waals surface area contributed by atoms with E-state index in [0.29, 0.717) is 33.3 Å². The van der Waals surface area contributed by atoms with Crippen molar-refractivity contribution in [2.45, 2.75) is 6.92 Å². The van der Waals surface area contributed by atoms with E-state index < -0.39 is 18.5 Å². The summed E-state index contributed by atoms with van der Waals surface area (Å²) in [5.74, 6) is 0.00311. The van der Waals surface area contributed by atoms with Gasteiger partial charge in [-0.05, 0) is 48.9 Å². The second-order valence-electron chi connectivity index (χ2n) is 5.15. The number of carbonyl (C=O) groups excluding carboxylic acids is 2. The fourth-order valence-electron chi connectivity index (χ4n) is 2.17. The van der Waals surface area contributed by atoms with Crippen molar-refractivity contribution in [3.63, 3.8) is 0 Å². The maximum atomic E-state index is 12.1. The number of benzene rings is 2. The fraction of sp³-hybridized carbons (Fsp3) is 0.222. The van der Waals surface area contributed by atoms with Crippen molar-refractivity contribution in [3.8, 4) is 11.5 Å². The molecular formula is C18H18ClNO5. The Labute approximate surface area is 150 Å². The molecule has 0 aromatic heterocycles. The largest absolute Gasteiger partial charge is 0.497 e. The smallest absolute Gasteiger partial charge is 0.338 e. The number of methoxy groups -OCH3 is 2. The Morgan fingerprint density at radius 3 is 2.48 bits per heavy atom. The summed E-state index contributed by atoms with van der Waals surface area (Å²) in [4.78, 5) is 24.1. The van der Waals surface area contributed by atoms with E-state index in [9.17, 15) is 9.59 Å². The number of nitrogens with one attached hydrogen (secondary N) is 1. The average molecular weight is 364 g/mol. The maximum Gasteiger partial charge on any atom is 0.338 e. The lowest BCUT2D eigenvalue weighted by Crippen LogP contribution is -2.21. The van der Waals surface area contributed by atoms with Crippen LogP contribution in [0.25, 0.3) is 0 Å². The molecule has 132 valence electrons. The quantitative estimate of drug-likeness (QED) is 0.795. The molecule has 0 atom stereocenters. The molecule has 25 heavy (non-hydrogen) atoms. The SMILES string of the molecule is COc1ccc(C(=O)OCC(=O)Nc2cc(Cl)ccc2OC)c(C)c1. The summed E-state index contributed by atoms with van der Waals surface area (Å²) < 4.78 is 15.3. The van der Waals surface area contributed by atoms with Crippen molar-refractivity contribution in [1.82, 2.24) is 0 Å². The lowest BCUT2D eigenvalue weighted by atomic mass is 10.1. The molecule has 0 unspecified atom stereocenters. The second kappa shape index (κ2) is 8.39. The topological polar surface area (TPSA) is 73.9 Å². The van der Waals surface area contributed by atoms with Gasteiger partial charge in [-0.25, -0.2) is 4.79 Å². The Kier molecular flexibility index (Phi) is 6.25. The van der Waals surface area contributed by atoms with E-state index in [4.69, 9.17) is 25.8 Å². The van der Waals surface area contributed by atoms with E-state index in [0.717, 1.165) is 0 Å². The zero-order valence-corrected chi connectivity index (χ0v) is 14.8. The second-order valence-corrected chi connectivity index (χ2v) is 5.59. The maximum absolute atomic E-state index is 12.1. The van der Waals surface area contributed by atoms with Crippen LogP contribution in [0.2, 0.25) is 5.02 Å². The third-order valence-corrected chi connectivity index (χ3v) is 3.66. The van der Waals surface area contributed by atoms with Crippen molar-refractivity contribution in [2.24, 2.45) is 0 Å². The summed E-state index contributed by atoms with van der Waals surface area (Å²) >= 11 is 5.90. The molecule has 0 bridgehead atoms. The average Bonchev–Trinajstić information content (AvgIpc) is 2.59. The van der Waals surface area contributed by atoms with Gasteiger partial charge in [-0.15, -0.1) is 0 Å². The molecule has 0 aliphatic heterocycles. The van der Waals surface area contributed by atoms with Gasteiger partial charge in [0.25, 0.3) is 5.91 Å². The molecule has 2 rings (SSSR count). The Morgan fingerprint density at radius 1 is 1.08 bits per heavy atom. The summed E-state index contributed by atoms with van der Waals surface area (Å²) in [6.45, 7) is 1.33. The lowest BCUT2D eigenvalue weighted by molar-refractivity contribution is -0.119. The van der Waals surface area contributed by atoms with Crippen LogP contribution in [0.15, 0.2) is 36.4 Å². The van der Waals surface area contributed by atoms with Crippen molar-refractivity contribution in [2.75, 3.05) is 26.1 Å². The molecule has 1 N–H and O–H groups in total. The van der Waals surface area contributed by atoms with Gasteiger partial charge in [0, 0.05) is 5.02 Å². The first-order chi connectivity index (χ1) is 11.9. The van der Waals surface area contributed by atoms with E-state index in [1.807, 2.05) is 0 Å². The summed E-state index contributed by atoms with van der Waals surface area (Å²) in [5.41, 5.74) is 1.46. The number of carbonyl (C=O) groups is 2. The molecule has 0 spiro atoms. The number of aryl methyl sites for hydroxylation is 1. The number of halogens is 1. The molecule has 0 radical (unpaired) electrons. The summed E-state index contributed by atoms with van der Waals surface area (Å²) in [7, 11) is 3.02. The number of hydrogen-bond acceptors (Lipinski definition) is 5. The predicted molar refractivity (Wildman–Crippen MR) is 94.6 cm³/mol. The van der Waals surface area contributed by atoms with Crippen molar-refractivity contribution >= 4 is 29.2 Å². The predicted octanol–water partition coefficient (Wildman–Crippen LogP) is 3.46. The first-order valence-corrected chi connectivity index (χ1v) is 7.77. The molecule has 2 aromatic carbocycles. The van der Waals surface area contributed by atoms with Crippen molar-refractivity contribution in [3.05, 3.63) is 52.5 Å². The summed E-state index contributed by atoms with van der Waals surface area (Å²) in [6.07, 6.45) is 0. The zero-order chi connectivity index (χ0) is 18.4. The summed E-state index contributed by atoms with van der Waals surface area (Å²) in [5, 5.41) is 3.04. The van der Waals surface area contributed by atoms with Crippen LogP contribution in [0.4, 0.5) is 5.69 Å². The number of anilines is 1. The molecule has 0 heterocycles. The molecule has 1 amide bonds. The minimum absolute atomic E-state index is 0.369. The van der Waals surface area contributed by atoms with E-state index in [-0.39, 0.29) is 0 Å². The van der Waals surface area contributed by atoms with Crippen LogP contribution in [0.1, 0.15) is 15.9 Å². The highest BCUT2D eigenvalue weighted by Gasteiger charge is 2.14. The molecule has 0 aliphatic rings. The van der Waals surface area contributed by atoms with Gasteiger partial charge < -0.3 is 19.5 Å². The van der Waals surface area contributed by atoms with E-state index in [2.05, 4.69) is 5.32 Å². The zero-order valence-electron chi connectivity index (χ0n) is 14.1. The molecule has 7 heteroatoms. The third-order valence-electron chi connectivity index (χ3n) is 3.42. The highest BCUT2D eigenvalue weighted by Crippen LogP contribution is 2.27. The van der Waals surface area contributed by atoms with Gasteiger partial charge in [0.05, 0.1) is 25.5 Å². The van der Waals surface area contributed by atoms with Crippen LogP contribution in [0.3, 0.4) is 0 Å². The Bertz CT molecular complexity index is 791. The standard InChI is InChI=1S/C18H18ClNO5/c1-11-8-13(23-2)5-6-14(11)18(22)25-10-17(21)20-15-9-12(19)4-7-16(15)24-3/h4-9H,10H2,1-3H3,(H,20,21). The monoisotopic (exact) mass is 363 g/mol. The van der Waals surface area contributed by atoms with Crippen molar-refractivity contribution in [1.29, 1.82) is 0 Å². The fourth-order valence-corrected chi connectivity index (χ4v) is 2.34. The third kappa shape index (κ3) is 4.87. The molecule has 0 saturated heterocycles. The van der Waals surface area contributed by atoms with Gasteiger partial charge in [0.1, 0.15) is 11.5 Å². The Morgan fingerprint density at radius 2 is 1.84 bits per heavy atom. The van der Waals surface area contributed by atoms with E-state index in [1.165, 1.54) is 7.11 Å². The summed E-state index contributed by atoms with van der Waals surface area (Å²) in [6, 6.07) is 9.78. The Balaban J connectivity index is 1.98. The molecule has 0 fully saturated rings.